The number of aromatic amines is 2. The maximum Gasteiger partial charge on any atom is 0.330 e. The minimum atomic E-state index is -4.23. The zero-order valence-corrected chi connectivity index (χ0v) is 23.1. The van der Waals surface area contributed by atoms with Gasteiger partial charge in [0.05, 0.1) is 4.90 Å². The van der Waals surface area contributed by atoms with E-state index >= 15 is 0 Å². The molecule has 42 heavy (non-hydrogen) atoms. The smallest absolute Gasteiger partial charge is 0.330 e. The van der Waals surface area contributed by atoms with Gasteiger partial charge in [-0.05, 0) is 60.4 Å². The van der Waals surface area contributed by atoms with Gasteiger partial charge in [-0.1, -0.05) is 43.7 Å². The van der Waals surface area contributed by atoms with Crippen LogP contribution in [0.5, 0.6) is 0 Å². The molecule has 1 atom stereocenters. The van der Waals surface area contributed by atoms with Crippen LogP contribution in [-0.4, -0.2) is 27.9 Å². The highest BCUT2D eigenvalue weighted by Crippen LogP contribution is 2.30. The lowest BCUT2D eigenvalue weighted by molar-refractivity contribution is 0.504. The number of nitrogens with zero attached hydrogens (tertiary/aromatic N) is 2. The van der Waals surface area contributed by atoms with Crippen molar-refractivity contribution in [2.75, 3.05) is 4.72 Å². The number of hydrogen-bond acceptors (Lipinski definition) is 5. The molecular formula is C29H26F3N5O4S. The van der Waals surface area contributed by atoms with Crippen LogP contribution in [0, 0.1) is 17.5 Å². The summed E-state index contributed by atoms with van der Waals surface area (Å²) in [5.74, 6) is -3.22. The number of rotatable bonds is 10. The molecule has 9 nitrogen and oxygen atoms in total. The molecule has 2 heterocycles. The van der Waals surface area contributed by atoms with Crippen LogP contribution in [0.4, 0.5) is 18.9 Å². The third-order valence-corrected chi connectivity index (χ3v) is 8.24. The van der Waals surface area contributed by atoms with Gasteiger partial charge in [-0.2, -0.15) is 0 Å². The fourth-order valence-corrected chi connectivity index (χ4v) is 5.72. The van der Waals surface area contributed by atoms with Gasteiger partial charge in [0, 0.05) is 18.2 Å². The fraction of sp³-hybridized carbons (Fsp3) is 0.207. The van der Waals surface area contributed by atoms with Crippen molar-refractivity contribution in [3.63, 3.8) is 0 Å². The van der Waals surface area contributed by atoms with E-state index in [0.29, 0.717) is 36.0 Å². The number of unbranched alkanes of at least 4 members (excludes halogenated alkanes) is 1. The summed E-state index contributed by atoms with van der Waals surface area (Å²) in [5, 5.41) is 0. The number of benzene rings is 3. The number of aromatic nitrogens is 4. The molecule has 0 fully saturated rings. The van der Waals surface area contributed by atoms with Gasteiger partial charge in [-0.25, -0.2) is 31.4 Å². The van der Waals surface area contributed by atoms with Gasteiger partial charge < -0.3 is 4.98 Å². The van der Waals surface area contributed by atoms with Gasteiger partial charge in [0.2, 0.25) is 0 Å². The Labute approximate surface area is 238 Å². The Morgan fingerprint density at radius 3 is 2.36 bits per heavy atom. The third-order valence-electron chi connectivity index (χ3n) is 6.87. The zero-order chi connectivity index (χ0) is 30.0. The number of nitrogens with one attached hydrogen (secondary N) is 3. The molecule has 3 aromatic carbocycles. The summed E-state index contributed by atoms with van der Waals surface area (Å²) in [4.78, 5) is 34.7. The lowest BCUT2D eigenvalue weighted by Crippen LogP contribution is -2.30. The lowest BCUT2D eigenvalue weighted by atomic mass is 9.91. The van der Waals surface area contributed by atoms with Crippen molar-refractivity contribution in [3.8, 4) is 0 Å². The van der Waals surface area contributed by atoms with Crippen LogP contribution < -0.4 is 16.0 Å². The third kappa shape index (κ3) is 5.86. The molecular weight excluding hydrogens is 571 g/mol. The number of halogens is 3. The quantitative estimate of drug-likeness (QED) is 0.213. The Morgan fingerprint density at radius 1 is 0.929 bits per heavy atom. The summed E-state index contributed by atoms with van der Waals surface area (Å²) in [6, 6.07) is 14.6. The average Bonchev–Trinajstić information content (AvgIpc) is 3.40. The van der Waals surface area contributed by atoms with Gasteiger partial charge in [-0.3, -0.25) is 19.1 Å². The monoisotopic (exact) mass is 597 g/mol. The number of anilines is 1. The Kier molecular flexibility index (Phi) is 8.03. The van der Waals surface area contributed by atoms with Gasteiger partial charge in [0.15, 0.2) is 17.3 Å². The number of sulfonamides is 1. The molecule has 0 spiro atoms. The van der Waals surface area contributed by atoms with E-state index in [-0.39, 0.29) is 23.3 Å². The highest BCUT2D eigenvalue weighted by Gasteiger charge is 2.24. The minimum absolute atomic E-state index is 0.107. The summed E-state index contributed by atoms with van der Waals surface area (Å²) >= 11 is 0. The Morgan fingerprint density at radius 2 is 1.67 bits per heavy atom. The SMILES string of the molecule is CCCCn1c(=O)[nH]c(=O)c2[nH]c(C(Cc3ccccc3F)c3ccc(NS(=O)(=O)c4ccc(F)c(F)c4)cc3)nc21. The van der Waals surface area contributed by atoms with E-state index in [4.69, 9.17) is 0 Å². The number of hydrogen-bond donors (Lipinski definition) is 3. The number of aryl methyl sites for hydroxylation is 1. The van der Waals surface area contributed by atoms with Crippen LogP contribution in [0.2, 0.25) is 0 Å². The number of fused-ring (bicyclic) bond motifs is 1. The molecule has 13 heteroatoms. The summed E-state index contributed by atoms with van der Waals surface area (Å²) in [7, 11) is -4.23. The molecule has 3 N–H and O–H groups in total. The predicted octanol–water partition coefficient (Wildman–Crippen LogP) is 4.81. The second-order valence-corrected chi connectivity index (χ2v) is 11.4. The predicted molar refractivity (Wildman–Crippen MR) is 151 cm³/mol. The number of H-pyrrole nitrogens is 2. The molecule has 0 aliphatic heterocycles. The van der Waals surface area contributed by atoms with E-state index in [0.717, 1.165) is 18.6 Å². The second-order valence-electron chi connectivity index (χ2n) is 9.74. The average molecular weight is 598 g/mol. The Bertz CT molecular complexity index is 1990. The molecule has 0 saturated heterocycles. The molecule has 5 aromatic rings. The van der Waals surface area contributed by atoms with E-state index in [1.165, 1.54) is 22.8 Å². The van der Waals surface area contributed by atoms with E-state index in [1.807, 2.05) is 6.92 Å². The van der Waals surface area contributed by atoms with Crippen LogP contribution in [0.1, 0.15) is 42.6 Å². The molecule has 0 radical (unpaired) electrons. The molecule has 1 unspecified atom stereocenters. The zero-order valence-electron chi connectivity index (χ0n) is 22.3. The fourth-order valence-electron chi connectivity index (χ4n) is 4.65. The van der Waals surface area contributed by atoms with Gasteiger partial charge in [-0.15, -0.1) is 0 Å². The molecule has 218 valence electrons. The summed E-state index contributed by atoms with van der Waals surface area (Å²) < 4.78 is 70.8. The lowest BCUT2D eigenvalue weighted by Gasteiger charge is -2.17. The topological polar surface area (TPSA) is 130 Å². The molecule has 0 bridgehead atoms. The van der Waals surface area contributed by atoms with Crippen molar-refractivity contribution in [3.05, 3.63) is 122 Å². The first-order chi connectivity index (χ1) is 20.1. The van der Waals surface area contributed by atoms with Crippen LogP contribution in [0.15, 0.2) is 81.2 Å². The summed E-state index contributed by atoms with van der Waals surface area (Å²) in [5.41, 5.74) is 0.199. The van der Waals surface area contributed by atoms with Crippen molar-refractivity contribution < 1.29 is 21.6 Å². The molecule has 0 amide bonds. The van der Waals surface area contributed by atoms with Gasteiger partial charge in [0.1, 0.15) is 17.2 Å². The summed E-state index contributed by atoms with van der Waals surface area (Å²) in [6.45, 7) is 2.31. The van der Waals surface area contributed by atoms with E-state index < -0.39 is 49.5 Å². The van der Waals surface area contributed by atoms with Crippen molar-refractivity contribution >= 4 is 26.9 Å². The second kappa shape index (κ2) is 11.7. The van der Waals surface area contributed by atoms with Crippen LogP contribution in [0.3, 0.4) is 0 Å². The van der Waals surface area contributed by atoms with Crippen molar-refractivity contribution in [2.24, 2.45) is 0 Å². The van der Waals surface area contributed by atoms with Crippen molar-refractivity contribution in [1.29, 1.82) is 0 Å². The molecule has 0 saturated carbocycles. The standard InChI is InChI=1S/C29H26F3N5O4S/c1-2-3-14-37-27-25(28(38)35-29(37)39)33-26(34-27)21(15-18-6-4-5-7-22(18)30)17-8-10-19(11-9-17)36-42(40,41)20-12-13-23(31)24(32)16-20/h4-13,16,21,36H,2-3,14-15H2,1H3,(H,33,34)(H,35,38,39). The van der Waals surface area contributed by atoms with Gasteiger partial charge >= 0.3 is 5.69 Å². The van der Waals surface area contributed by atoms with Crippen LogP contribution >= 0.6 is 0 Å². The minimum Gasteiger partial charge on any atom is -0.336 e. The first-order valence-corrected chi connectivity index (χ1v) is 14.6. The normalized spacial score (nSPS) is 12.5. The highest BCUT2D eigenvalue weighted by atomic mass is 32.2. The van der Waals surface area contributed by atoms with E-state index in [2.05, 4.69) is 19.7 Å². The van der Waals surface area contributed by atoms with Crippen molar-refractivity contribution in [1.82, 2.24) is 19.5 Å². The van der Waals surface area contributed by atoms with E-state index in [1.54, 1.807) is 30.3 Å². The largest absolute Gasteiger partial charge is 0.336 e. The first-order valence-electron chi connectivity index (χ1n) is 13.1. The Hall–Kier alpha value is -4.65. The highest BCUT2D eigenvalue weighted by molar-refractivity contribution is 7.92. The van der Waals surface area contributed by atoms with Gasteiger partial charge in [0.25, 0.3) is 15.6 Å². The molecule has 0 aliphatic carbocycles. The maximum absolute atomic E-state index is 14.7. The molecule has 2 aromatic heterocycles. The molecule has 0 aliphatic rings. The Balaban J connectivity index is 1.54. The van der Waals surface area contributed by atoms with Crippen molar-refractivity contribution in [2.45, 2.75) is 43.5 Å². The first kappa shape index (κ1) is 28.9. The summed E-state index contributed by atoms with van der Waals surface area (Å²) in [6.07, 6.45) is 1.62. The van der Waals surface area contributed by atoms with E-state index in [9.17, 15) is 31.2 Å². The van der Waals surface area contributed by atoms with Crippen LogP contribution in [0.25, 0.3) is 11.2 Å². The molecule has 5 rings (SSSR count). The van der Waals surface area contributed by atoms with Crippen LogP contribution in [-0.2, 0) is 23.0 Å². The number of imidazole rings is 1. The maximum atomic E-state index is 14.7.